The summed E-state index contributed by atoms with van der Waals surface area (Å²) < 4.78 is 0. The normalized spacial score (nSPS) is 26.7. The SMILES string of the molecule is Cc1cnc(N2CC(C)SC(C)C2)nc1. The molecule has 0 aromatic carbocycles. The third kappa shape index (κ3) is 2.62. The summed E-state index contributed by atoms with van der Waals surface area (Å²) in [5.41, 5.74) is 1.12. The molecule has 0 radical (unpaired) electrons. The number of thioether (sulfide) groups is 1. The van der Waals surface area contributed by atoms with Crippen molar-refractivity contribution in [3.63, 3.8) is 0 Å². The quantitative estimate of drug-likeness (QED) is 0.729. The molecular weight excluding hydrogens is 206 g/mol. The smallest absolute Gasteiger partial charge is 0.225 e. The third-order valence-electron chi connectivity index (χ3n) is 2.47. The van der Waals surface area contributed by atoms with Crippen molar-refractivity contribution in [1.29, 1.82) is 0 Å². The van der Waals surface area contributed by atoms with E-state index in [0.29, 0.717) is 10.5 Å². The lowest BCUT2D eigenvalue weighted by atomic mass is 10.3. The van der Waals surface area contributed by atoms with Gasteiger partial charge in [-0.25, -0.2) is 9.97 Å². The van der Waals surface area contributed by atoms with Gasteiger partial charge >= 0.3 is 0 Å². The number of anilines is 1. The minimum Gasteiger partial charge on any atom is -0.339 e. The summed E-state index contributed by atoms with van der Waals surface area (Å²) in [6, 6.07) is 0. The second-order valence-electron chi connectivity index (χ2n) is 4.22. The van der Waals surface area contributed by atoms with Gasteiger partial charge in [0.2, 0.25) is 5.95 Å². The standard InChI is InChI=1S/C11H17N3S/c1-8-4-12-11(13-5-8)14-6-9(2)15-10(3)7-14/h4-5,9-10H,6-7H2,1-3H3. The molecule has 0 saturated carbocycles. The number of aromatic nitrogens is 2. The van der Waals surface area contributed by atoms with Gasteiger partial charge in [0.25, 0.3) is 0 Å². The molecule has 0 N–H and O–H groups in total. The maximum atomic E-state index is 4.38. The van der Waals surface area contributed by atoms with Crippen molar-refractivity contribution in [2.45, 2.75) is 31.3 Å². The van der Waals surface area contributed by atoms with Crippen LogP contribution in [0.3, 0.4) is 0 Å². The number of aryl methyl sites for hydroxylation is 1. The second-order valence-corrected chi connectivity index (χ2v) is 6.10. The fraction of sp³-hybridized carbons (Fsp3) is 0.636. The van der Waals surface area contributed by atoms with Gasteiger partial charge in [-0.2, -0.15) is 11.8 Å². The van der Waals surface area contributed by atoms with Crippen LogP contribution in [0.4, 0.5) is 5.95 Å². The average Bonchev–Trinajstić information content (AvgIpc) is 2.17. The maximum Gasteiger partial charge on any atom is 0.225 e. The lowest BCUT2D eigenvalue weighted by molar-refractivity contribution is 0.706. The van der Waals surface area contributed by atoms with Gasteiger partial charge in [0.15, 0.2) is 0 Å². The fourth-order valence-corrected chi connectivity index (χ4v) is 3.22. The van der Waals surface area contributed by atoms with Crippen LogP contribution in [0.5, 0.6) is 0 Å². The van der Waals surface area contributed by atoms with Crippen LogP contribution < -0.4 is 4.90 Å². The first kappa shape index (κ1) is 10.7. The van der Waals surface area contributed by atoms with Gasteiger partial charge in [-0.15, -0.1) is 0 Å². The van der Waals surface area contributed by atoms with Crippen molar-refractivity contribution in [3.05, 3.63) is 18.0 Å². The number of nitrogens with zero attached hydrogens (tertiary/aromatic N) is 3. The lowest BCUT2D eigenvalue weighted by Gasteiger charge is -2.34. The molecule has 2 atom stereocenters. The molecule has 1 aliphatic heterocycles. The monoisotopic (exact) mass is 223 g/mol. The van der Waals surface area contributed by atoms with Crippen LogP contribution in [0.25, 0.3) is 0 Å². The Morgan fingerprint density at radius 1 is 1.20 bits per heavy atom. The summed E-state index contributed by atoms with van der Waals surface area (Å²) in [7, 11) is 0. The van der Waals surface area contributed by atoms with E-state index < -0.39 is 0 Å². The summed E-state index contributed by atoms with van der Waals surface area (Å²) in [6.45, 7) is 8.65. The molecule has 1 aliphatic rings. The highest BCUT2D eigenvalue weighted by Crippen LogP contribution is 2.26. The summed E-state index contributed by atoms with van der Waals surface area (Å²) >= 11 is 2.05. The highest BCUT2D eigenvalue weighted by Gasteiger charge is 2.23. The van der Waals surface area contributed by atoms with Crippen LogP contribution in [0.15, 0.2) is 12.4 Å². The Bertz CT molecular complexity index is 315. The molecule has 1 fully saturated rings. The molecule has 2 unspecified atom stereocenters. The van der Waals surface area contributed by atoms with E-state index in [4.69, 9.17) is 0 Å². The molecule has 0 spiro atoms. The fourth-order valence-electron chi connectivity index (χ4n) is 1.89. The van der Waals surface area contributed by atoms with E-state index in [-0.39, 0.29) is 0 Å². The molecule has 3 nitrogen and oxygen atoms in total. The molecule has 82 valence electrons. The van der Waals surface area contributed by atoms with E-state index in [2.05, 4.69) is 28.7 Å². The number of hydrogen-bond donors (Lipinski definition) is 0. The van der Waals surface area contributed by atoms with Gasteiger partial charge in [-0.05, 0) is 12.5 Å². The second kappa shape index (κ2) is 4.39. The zero-order chi connectivity index (χ0) is 10.8. The Hall–Kier alpha value is -0.770. The molecule has 1 aromatic rings. The van der Waals surface area contributed by atoms with E-state index >= 15 is 0 Å². The molecule has 2 rings (SSSR count). The zero-order valence-corrected chi connectivity index (χ0v) is 10.3. The number of hydrogen-bond acceptors (Lipinski definition) is 4. The van der Waals surface area contributed by atoms with Crippen LogP contribution in [-0.2, 0) is 0 Å². The Kier molecular flexibility index (Phi) is 3.14. The maximum absolute atomic E-state index is 4.38. The van der Waals surface area contributed by atoms with Crippen molar-refractivity contribution < 1.29 is 0 Å². The predicted molar refractivity (Wildman–Crippen MR) is 65.5 cm³/mol. The van der Waals surface area contributed by atoms with Crippen molar-refractivity contribution >= 4 is 17.7 Å². The first-order chi connectivity index (χ1) is 7.15. The Morgan fingerprint density at radius 3 is 2.27 bits per heavy atom. The van der Waals surface area contributed by atoms with E-state index in [1.165, 1.54) is 0 Å². The molecule has 1 aromatic heterocycles. The van der Waals surface area contributed by atoms with Gasteiger partial charge in [0.1, 0.15) is 0 Å². The van der Waals surface area contributed by atoms with Gasteiger partial charge in [0, 0.05) is 36.0 Å². The topological polar surface area (TPSA) is 29.0 Å². The van der Waals surface area contributed by atoms with Crippen LogP contribution >= 0.6 is 11.8 Å². The number of rotatable bonds is 1. The minimum absolute atomic E-state index is 0.665. The molecular formula is C11H17N3S. The van der Waals surface area contributed by atoms with E-state index in [1.54, 1.807) is 0 Å². The van der Waals surface area contributed by atoms with Crippen LogP contribution in [0, 0.1) is 6.92 Å². The third-order valence-corrected chi connectivity index (χ3v) is 3.70. The van der Waals surface area contributed by atoms with E-state index in [9.17, 15) is 0 Å². The van der Waals surface area contributed by atoms with E-state index in [1.807, 2.05) is 31.1 Å². The van der Waals surface area contributed by atoms with Crippen molar-refractivity contribution in [1.82, 2.24) is 9.97 Å². The Balaban J connectivity index is 2.12. The largest absolute Gasteiger partial charge is 0.339 e. The van der Waals surface area contributed by atoms with Crippen LogP contribution in [0.1, 0.15) is 19.4 Å². The Labute approximate surface area is 95.3 Å². The average molecular weight is 223 g/mol. The molecule has 2 heterocycles. The van der Waals surface area contributed by atoms with Crippen molar-refractivity contribution in [2.24, 2.45) is 0 Å². The molecule has 15 heavy (non-hydrogen) atoms. The Morgan fingerprint density at radius 2 is 1.73 bits per heavy atom. The minimum atomic E-state index is 0.665. The lowest BCUT2D eigenvalue weighted by Crippen LogP contribution is -2.41. The van der Waals surface area contributed by atoms with Crippen molar-refractivity contribution in [3.8, 4) is 0 Å². The zero-order valence-electron chi connectivity index (χ0n) is 9.47. The molecule has 4 heteroatoms. The summed E-state index contributed by atoms with van der Waals surface area (Å²) in [4.78, 5) is 11.0. The molecule has 0 bridgehead atoms. The summed E-state index contributed by atoms with van der Waals surface area (Å²) in [5, 5.41) is 1.33. The van der Waals surface area contributed by atoms with Gasteiger partial charge < -0.3 is 4.90 Å². The first-order valence-electron chi connectivity index (χ1n) is 5.34. The van der Waals surface area contributed by atoms with Crippen molar-refractivity contribution in [2.75, 3.05) is 18.0 Å². The van der Waals surface area contributed by atoms with Gasteiger partial charge in [-0.1, -0.05) is 13.8 Å². The van der Waals surface area contributed by atoms with Crippen LogP contribution in [0.2, 0.25) is 0 Å². The summed E-state index contributed by atoms with van der Waals surface area (Å²) in [6.07, 6.45) is 3.78. The molecule has 0 amide bonds. The molecule has 1 saturated heterocycles. The molecule has 0 aliphatic carbocycles. The highest BCUT2D eigenvalue weighted by atomic mass is 32.2. The van der Waals surface area contributed by atoms with Gasteiger partial charge in [0.05, 0.1) is 0 Å². The van der Waals surface area contributed by atoms with E-state index in [0.717, 1.165) is 24.6 Å². The highest BCUT2D eigenvalue weighted by molar-refractivity contribution is 8.00. The predicted octanol–water partition coefficient (Wildman–Crippen LogP) is 2.12. The first-order valence-corrected chi connectivity index (χ1v) is 6.28. The summed E-state index contributed by atoms with van der Waals surface area (Å²) in [5.74, 6) is 0.875. The van der Waals surface area contributed by atoms with Crippen LogP contribution in [-0.4, -0.2) is 33.6 Å². The van der Waals surface area contributed by atoms with Gasteiger partial charge in [-0.3, -0.25) is 0 Å².